The SMILES string of the molecule is Cc1cc(C(=O)NC(C(N)=NO)C(C)C)sc1C. The van der Waals surface area contributed by atoms with E-state index in [0.29, 0.717) is 4.88 Å². The third-order valence-corrected chi connectivity index (χ3v) is 3.93. The zero-order valence-corrected chi connectivity index (χ0v) is 11.8. The number of hydrogen-bond acceptors (Lipinski definition) is 4. The first kappa shape index (κ1) is 14.5. The molecule has 1 amide bonds. The van der Waals surface area contributed by atoms with Crippen LogP contribution in [-0.2, 0) is 0 Å². The number of nitrogens with one attached hydrogen (secondary N) is 1. The third kappa shape index (κ3) is 3.22. The molecular weight excluding hydrogens is 250 g/mol. The van der Waals surface area contributed by atoms with Gasteiger partial charge in [-0.25, -0.2) is 0 Å². The van der Waals surface area contributed by atoms with E-state index in [1.807, 2.05) is 33.8 Å². The van der Waals surface area contributed by atoms with E-state index in [4.69, 9.17) is 10.9 Å². The van der Waals surface area contributed by atoms with Gasteiger partial charge in [-0.3, -0.25) is 4.79 Å². The summed E-state index contributed by atoms with van der Waals surface area (Å²) < 4.78 is 0. The zero-order valence-electron chi connectivity index (χ0n) is 11.0. The van der Waals surface area contributed by atoms with Crippen LogP contribution in [0.15, 0.2) is 11.2 Å². The van der Waals surface area contributed by atoms with Crippen LogP contribution in [0.3, 0.4) is 0 Å². The monoisotopic (exact) mass is 269 g/mol. The average molecular weight is 269 g/mol. The molecule has 1 atom stereocenters. The molecule has 0 radical (unpaired) electrons. The smallest absolute Gasteiger partial charge is 0.261 e. The Hall–Kier alpha value is -1.56. The van der Waals surface area contributed by atoms with Crippen molar-refractivity contribution in [2.45, 2.75) is 33.7 Å². The summed E-state index contributed by atoms with van der Waals surface area (Å²) in [7, 11) is 0. The van der Waals surface area contributed by atoms with E-state index in [0.717, 1.165) is 10.4 Å². The van der Waals surface area contributed by atoms with Crippen molar-refractivity contribution in [3.63, 3.8) is 0 Å². The van der Waals surface area contributed by atoms with Crippen molar-refractivity contribution in [1.82, 2.24) is 5.32 Å². The summed E-state index contributed by atoms with van der Waals surface area (Å²) in [5.41, 5.74) is 6.66. The van der Waals surface area contributed by atoms with Gasteiger partial charge in [0.15, 0.2) is 5.84 Å². The largest absolute Gasteiger partial charge is 0.409 e. The average Bonchev–Trinajstić information content (AvgIpc) is 2.65. The van der Waals surface area contributed by atoms with Crippen molar-refractivity contribution in [3.05, 3.63) is 21.4 Å². The molecule has 0 saturated carbocycles. The van der Waals surface area contributed by atoms with Gasteiger partial charge in [-0.15, -0.1) is 11.3 Å². The number of oxime groups is 1. The fraction of sp³-hybridized carbons (Fsp3) is 0.500. The molecule has 1 aromatic rings. The first-order chi connectivity index (χ1) is 8.36. The topological polar surface area (TPSA) is 87.7 Å². The van der Waals surface area contributed by atoms with Crippen LogP contribution in [0.25, 0.3) is 0 Å². The van der Waals surface area contributed by atoms with Crippen molar-refractivity contribution < 1.29 is 10.0 Å². The van der Waals surface area contributed by atoms with Crippen LogP contribution < -0.4 is 11.1 Å². The summed E-state index contributed by atoms with van der Waals surface area (Å²) in [4.78, 5) is 13.8. The number of aryl methyl sites for hydroxylation is 2. The first-order valence-electron chi connectivity index (χ1n) is 5.72. The van der Waals surface area contributed by atoms with Gasteiger partial charge in [0.25, 0.3) is 5.91 Å². The van der Waals surface area contributed by atoms with Crippen LogP contribution in [-0.4, -0.2) is 23.0 Å². The predicted octanol–water partition coefficient (Wildman–Crippen LogP) is 1.87. The van der Waals surface area contributed by atoms with E-state index in [-0.39, 0.29) is 17.7 Å². The number of thiophene rings is 1. The fourth-order valence-electron chi connectivity index (χ4n) is 1.54. The number of carbonyl (C=O) groups excluding carboxylic acids is 1. The van der Waals surface area contributed by atoms with Gasteiger partial charge in [-0.2, -0.15) is 0 Å². The van der Waals surface area contributed by atoms with E-state index in [2.05, 4.69) is 10.5 Å². The number of amides is 1. The van der Waals surface area contributed by atoms with Crippen LogP contribution in [0.2, 0.25) is 0 Å². The molecule has 1 unspecified atom stereocenters. The summed E-state index contributed by atoms with van der Waals surface area (Å²) in [6.07, 6.45) is 0. The molecule has 1 aromatic heterocycles. The molecule has 18 heavy (non-hydrogen) atoms. The second-order valence-corrected chi connectivity index (χ2v) is 5.83. The van der Waals surface area contributed by atoms with E-state index >= 15 is 0 Å². The summed E-state index contributed by atoms with van der Waals surface area (Å²) >= 11 is 1.44. The van der Waals surface area contributed by atoms with Crippen molar-refractivity contribution in [2.24, 2.45) is 16.8 Å². The van der Waals surface area contributed by atoms with Crippen molar-refractivity contribution >= 4 is 23.1 Å². The number of nitrogens with zero attached hydrogens (tertiary/aromatic N) is 1. The lowest BCUT2D eigenvalue weighted by atomic mass is 10.0. The zero-order chi connectivity index (χ0) is 13.9. The van der Waals surface area contributed by atoms with Gasteiger partial charge < -0.3 is 16.3 Å². The molecule has 6 heteroatoms. The Labute approximate surface area is 111 Å². The maximum atomic E-state index is 12.1. The molecular formula is C12H19N3O2S. The molecule has 0 spiro atoms. The number of nitrogens with two attached hydrogens (primary N) is 1. The number of hydrogen-bond donors (Lipinski definition) is 3. The molecule has 100 valence electrons. The van der Waals surface area contributed by atoms with Crippen LogP contribution >= 0.6 is 11.3 Å². The van der Waals surface area contributed by atoms with Crippen LogP contribution in [0.4, 0.5) is 0 Å². The molecule has 1 rings (SSSR count). The fourth-order valence-corrected chi connectivity index (χ4v) is 2.48. The minimum atomic E-state index is -0.467. The summed E-state index contributed by atoms with van der Waals surface area (Å²) in [5.74, 6) is -0.128. The second-order valence-electron chi connectivity index (χ2n) is 4.57. The van der Waals surface area contributed by atoms with Crippen molar-refractivity contribution in [2.75, 3.05) is 0 Å². The standard InChI is InChI=1S/C12H19N3O2S/c1-6(2)10(11(13)15-17)14-12(16)9-5-7(3)8(4)18-9/h5-6,10,17H,1-4H3,(H2,13,15)(H,14,16). The lowest BCUT2D eigenvalue weighted by molar-refractivity contribution is 0.0943. The lowest BCUT2D eigenvalue weighted by Crippen LogP contribution is -2.47. The van der Waals surface area contributed by atoms with Gasteiger partial charge in [-0.05, 0) is 31.4 Å². The minimum Gasteiger partial charge on any atom is -0.409 e. The van der Waals surface area contributed by atoms with E-state index < -0.39 is 6.04 Å². The number of rotatable bonds is 4. The number of carbonyl (C=O) groups is 1. The summed E-state index contributed by atoms with van der Waals surface area (Å²) in [6.45, 7) is 7.73. The molecule has 0 aliphatic rings. The van der Waals surface area contributed by atoms with E-state index in [1.54, 1.807) is 0 Å². The Morgan fingerprint density at radius 1 is 1.50 bits per heavy atom. The number of amidine groups is 1. The van der Waals surface area contributed by atoms with Gasteiger partial charge in [0.2, 0.25) is 0 Å². The van der Waals surface area contributed by atoms with Crippen molar-refractivity contribution in [1.29, 1.82) is 0 Å². The normalized spacial score (nSPS) is 13.7. The summed E-state index contributed by atoms with van der Waals surface area (Å²) in [5, 5.41) is 14.4. The Bertz CT molecular complexity index is 446. The van der Waals surface area contributed by atoms with Gasteiger partial charge >= 0.3 is 0 Å². The third-order valence-electron chi connectivity index (χ3n) is 2.78. The molecule has 0 bridgehead atoms. The molecule has 0 fully saturated rings. The minimum absolute atomic E-state index is 0.0170. The Morgan fingerprint density at radius 3 is 2.50 bits per heavy atom. The highest BCUT2D eigenvalue weighted by molar-refractivity contribution is 7.14. The highest BCUT2D eigenvalue weighted by atomic mass is 32.1. The van der Waals surface area contributed by atoms with Gasteiger partial charge in [0.1, 0.15) is 0 Å². The molecule has 0 aliphatic carbocycles. The first-order valence-corrected chi connectivity index (χ1v) is 6.53. The Balaban J connectivity index is 2.85. The van der Waals surface area contributed by atoms with Gasteiger partial charge in [0, 0.05) is 4.88 Å². The van der Waals surface area contributed by atoms with Gasteiger partial charge in [-0.1, -0.05) is 19.0 Å². The van der Waals surface area contributed by atoms with E-state index in [9.17, 15) is 4.79 Å². The molecule has 0 aromatic carbocycles. The molecule has 5 nitrogen and oxygen atoms in total. The van der Waals surface area contributed by atoms with Crippen molar-refractivity contribution in [3.8, 4) is 0 Å². The maximum absolute atomic E-state index is 12.1. The summed E-state index contributed by atoms with van der Waals surface area (Å²) in [6, 6.07) is 1.38. The quantitative estimate of drug-likeness (QED) is 0.337. The Kier molecular flexibility index (Phi) is 4.72. The highest BCUT2D eigenvalue weighted by Gasteiger charge is 2.22. The molecule has 0 aliphatic heterocycles. The molecule has 0 saturated heterocycles. The van der Waals surface area contributed by atoms with Crippen LogP contribution in [0, 0.1) is 19.8 Å². The Morgan fingerprint density at radius 2 is 2.11 bits per heavy atom. The van der Waals surface area contributed by atoms with Crippen LogP contribution in [0.5, 0.6) is 0 Å². The van der Waals surface area contributed by atoms with E-state index in [1.165, 1.54) is 11.3 Å². The lowest BCUT2D eigenvalue weighted by Gasteiger charge is -2.20. The maximum Gasteiger partial charge on any atom is 0.261 e. The second kappa shape index (κ2) is 5.86. The molecule has 4 N–H and O–H groups in total. The highest BCUT2D eigenvalue weighted by Crippen LogP contribution is 2.20. The van der Waals surface area contributed by atoms with Gasteiger partial charge in [0.05, 0.1) is 10.9 Å². The van der Waals surface area contributed by atoms with Crippen LogP contribution in [0.1, 0.15) is 34.0 Å². The predicted molar refractivity (Wildman–Crippen MR) is 73.3 cm³/mol. The molecule has 1 heterocycles.